The Hall–Kier alpha value is -3.50. The van der Waals surface area contributed by atoms with Gasteiger partial charge in [0.1, 0.15) is 17.5 Å². The summed E-state index contributed by atoms with van der Waals surface area (Å²) in [5, 5.41) is 0. The second-order valence-electron chi connectivity index (χ2n) is 5.13. The highest BCUT2D eigenvalue weighted by atomic mass is 19.4. The van der Waals surface area contributed by atoms with Crippen molar-refractivity contribution >= 4 is 11.2 Å². The zero-order chi connectivity index (χ0) is 18.3. The van der Waals surface area contributed by atoms with E-state index in [1.807, 2.05) is 0 Å². The second-order valence-corrected chi connectivity index (χ2v) is 5.13. The Morgan fingerprint density at radius 1 is 1.08 bits per heavy atom. The van der Waals surface area contributed by atoms with Crippen molar-refractivity contribution in [1.82, 2.24) is 29.5 Å². The third-order valence-corrected chi connectivity index (χ3v) is 3.54. The molecule has 0 bridgehead atoms. The van der Waals surface area contributed by atoms with Crippen LogP contribution in [0.15, 0.2) is 41.7 Å². The molecule has 4 aromatic heterocycles. The summed E-state index contributed by atoms with van der Waals surface area (Å²) in [6.07, 6.45) is 1.48. The van der Waals surface area contributed by atoms with Gasteiger partial charge in [-0.05, 0) is 6.07 Å². The molecule has 0 aliphatic heterocycles. The van der Waals surface area contributed by atoms with Crippen LogP contribution in [-0.2, 0) is 6.18 Å². The van der Waals surface area contributed by atoms with Crippen molar-refractivity contribution in [2.45, 2.75) is 6.18 Å². The third-order valence-electron chi connectivity index (χ3n) is 3.54. The lowest BCUT2D eigenvalue weighted by Gasteiger charge is -2.07. The molecule has 0 spiro atoms. The van der Waals surface area contributed by atoms with Gasteiger partial charge in [0, 0.05) is 6.20 Å². The van der Waals surface area contributed by atoms with Crippen molar-refractivity contribution in [1.29, 1.82) is 0 Å². The summed E-state index contributed by atoms with van der Waals surface area (Å²) in [5.41, 5.74) is -0.373. The Morgan fingerprint density at radius 3 is 2.54 bits per heavy atom. The van der Waals surface area contributed by atoms with Gasteiger partial charge in [-0.25, -0.2) is 24.9 Å². The number of fused-ring (bicyclic) bond motifs is 1. The minimum absolute atomic E-state index is 0.0374. The number of methoxy groups -OCH3 is 1. The van der Waals surface area contributed by atoms with Crippen molar-refractivity contribution in [3.63, 3.8) is 0 Å². The number of aromatic nitrogens is 6. The van der Waals surface area contributed by atoms with Crippen LogP contribution < -0.4 is 4.74 Å². The van der Waals surface area contributed by atoms with Crippen LogP contribution in [0.4, 0.5) is 13.2 Å². The summed E-state index contributed by atoms with van der Waals surface area (Å²) in [6, 6.07) is 0.916. The van der Waals surface area contributed by atoms with Gasteiger partial charge in [-0.2, -0.15) is 13.2 Å². The minimum atomic E-state index is -4.53. The summed E-state index contributed by atoms with van der Waals surface area (Å²) in [6.45, 7) is 0. The Bertz CT molecular complexity index is 1060. The molecule has 4 heterocycles. The molecule has 0 atom stereocenters. The summed E-state index contributed by atoms with van der Waals surface area (Å²) in [4.78, 5) is 20.4. The van der Waals surface area contributed by atoms with E-state index in [4.69, 9.17) is 9.15 Å². The first kappa shape index (κ1) is 16.0. The molecule has 4 aromatic rings. The van der Waals surface area contributed by atoms with Gasteiger partial charge in [0.15, 0.2) is 23.7 Å². The van der Waals surface area contributed by atoms with Gasteiger partial charge in [-0.1, -0.05) is 0 Å². The highest BCUT2D eigenvalue weighted by molar-refractivity contribution is 5.79. The number of oxazole rings is 1. The largest absolute Gasteiger partial charge is 0.480 e. The van der Waals surface area contributed by atoms with E-state index in [1.54, 1.807) is 0 Å². The average Bonchev–Trinajstić information content (AvgIpc) is 3.28. The second kappa shape index (κ2) is 5.79. The first-order valence-electron chi connectivity index (χ1n) is 7.18. The van der Waals surface area contributed by atoms with Crippen LogP contribution in [-0.4, -0.2) is 36.6 Å². The van der Waals surface area contributed by atoms with Crippen molar-refractivity contribution in [2.75, 3.05) is 7.11 Å². The summed E-state index contributed by atoms with van der Waals surface area (Å²) in [7, 11) is 1.44. The molecule has 132 valence electrons. The quantitative estimate of drug-likeness (QED) is 0.553. The zero-order valence-corrected chi connectivity index (χ0v) is 13.1. The Morgan fingerprint density at radius 2 is 1.92 bits per heavy atom. The lowest BCUT2D eigenvalue weighted by Crippen LogP contribution is -2.06. The van der Waals surface area contributed by atoms with Crippen LogP contribution in [0.3, 0.4) is 0 Å². The van der Waals surface area contributed by atoms with Crippen molar-refractivity contribution in [2.24, 2.45) is 0 Å². The standard InChI is InChI=1S/C15H9F3N6O2/c1-25-12-5-19-11(4-20-12)24-13-9(2-8(3-21-13)15(16,17)18)23-14(24)10-6-26-7-22-10/h2-7H,1H3. The Balaban J connectivity index is 1.97. The number of hydrogen-bond donors (Lipinski definition) is 0. The van der Waals surface area contributed by atoms with E-state index in [0.29, 0.717) is 11.5 Å². The monoisotopic (exact) mass is 362 g/mol. The van der Waals surface area contributed by atoms with Crippen LogP contribution in [0, 0.1) is 0 Å². The van der Waals surface area contributed by atoms with E-state index in [1.165, 1.54) is 36.7 Å². The lowest BCUT2D eigenvalue weighted by atomic mass is 10.2. The topological polar surface area (TPSA) is 91.8 Å². The molecule has 26 heavy (non-hydrogen) atoms. The minimum Gasteiger partial charge on any atom is -0.480 e. The highest BCUT2D eigenvalue weighted by Crippen LogP contribution is 2.32. The van der Waals surface area contributed by atoms with E-state index >= 15 is 0 Å². The molecule has 8 nitrogen and oxygen atoms in total. The normalized spacial score (nSPS) is 11.8. The fraction of sp³-hybridized carbons (Fsp3) is 0.133. The van der Waals surface area contributed by atoms with E-state index < -0.39 is 11.7 Å². The fourth-order valence-corrected chi connectivity index (χ4v) is 2.36. The molecular formula is C15H9F3N6O2. The third kappa shape index (κ3) is 2.62. The average molecular weight is 362 g/mol. The molecular weight excluding hydrogens is 353 g/mol. The van der Waals surface area contributed by atoms with Crippen molar-refractivity contribution in [3.05, 3.63) is 42.9 Å². The number of ether oxygens (including phenoxy) is 1. The van der Waals surface area contributed by atoms with Crippen molar-refractivity contribution in [3.8, 4) is 23.2 Å². The van der Waals surface area contributed by atoms with Gasteiger partial charge in [-0.15, -0.1) is 0 Å². The Labute approximate surface area is 143 Å². The van der Waals surface area contributed by atoms with Crippen LogP contribution in [0.25, 0.3) is 28.5 Å². The maximum atomic E-state index is 13.0. The summed E-state index contributed by atoms with van der Waals surface area (Å²) < 4.78 is 50.3. The van der Waals surface area contributed by atoms with Gasteiger partial charge < -0.3 is 9.15 Å². The fourth-order valence-electron chi connectivity index (χ4n) is 2.36. The first-order valence-corrected chi connectivity index (χ1v) is 7.18. The molecule has 4 rings (SSSR count). The van der Waals surface area contributed by atoms with Gasteiger partial charge in [0.05, 0.1) is 25.1 Å². The van der Waals surface area contributed by atoms with Gasteiger partial charge in [0.25, 0.3) is 0 Å². The van der Waals surface area contributed by atoms with Crippen LogP contribution in [0.5, 0.6) is 5.88 Å². The Kier molecular flexibility index (Phi) is 3.56. The maximum absolute atomic E-state index is 13.0. The molecule has 0 amide bonds. The molecule has 0 radical (unpaired) electrons. The lowest BCUT2D eigenvalue weighted by molar-refractivity contribution is -0.137. The SMILES string of the molecule is COc1cnc(-n2c(-c3cocn3)nc3cc(C(F)(F)F)cnc32)cn1. The maximum Gasteiger partial charge on any atom is 0.417 e. The van der Waals surface area contributed by atoms with Crippen LogP contribution >= 0.6 is 0 Å². The smallest absolute Gasteiger partial charge is 0.417 e. The van der Waals surface area contributed by atoms with Gasteiger partial charge in [0.2, 0.25) is 5.88 Å². The number of nitrogens with zero attached hydrogens (tertiary/aromatic N) is 6. The number of imidazole rings is 1. The predicted molar refractivity (Wildman–Crippen MR) is 81.5 cm³/mol. The molecule has 0 aliphatic rings. The number of halogens is 3. The molecule has 0 saturated heterocycles. The van der Waals surface area contributed by atoms with Crippen molar-refractivity contribution < 1.29 is 22.3 Å². The van der Waals surface area contributed by atoms with Crippen LogP contribution in [0.2, 0.25) is 0 Å². The number of alkyl halides is 3. The molecule has 0 aliphatic carbocycles. The highest BCUT2D eigenvalue weighted by Gasteiger charge is 2.32. The van der Waals surface area contributed by atoms with Gasteiger partial charge >= 0.3 is 6.18 Å². The molecule has 0 unspecified atom stereocenters. The molecule has 0 N–H and O–H groups in total. The molecule has 0 aromatic carbocycles. The van der Waals surface area contributed by atoms with E-state index in [0.717, 1.165) is 12.3 Å². The number of hydrogen-bond acceptors (Lipinski definition) is 7. The first-order chi connectivity index (χ1) is 12.5. The molecule has 11 heteroatoms. The summed E-state index contributed by atoms with van der Waals surface area (Å²) >= 11 is 0. The number of pyridine rings is 1. The number of rotatable bonds is 3. The van der Waals surface area contributed by atoms with E-state index in [-0.39, 0.29) is 22.9 Å². The zero-order valence-electron chi connectivity index (χ0n) is 13.1. The predicted octanol–water partition coefficient (Wildman–Crippen LogP) is 2.89. The summed E-state index contributed by atoms with van der Waals surface area (Å²) in [5.74, 6) is 0.798. The molecule has 0 fully saturated rings. The van der Waals surface area contributed by atoms with E-state index in [2.05, 4.69) is 24.9 Å². The van der Waals surface area contributed by atoms with E-state index in [9.17, 15) is 13.2 Å². The van der Waals surface area contributed by atoms with Gasteiger partial charge in [-0.3, -0.25) is 4.57 Å². The molecule has 0 saturated carbocycles. The van der Waals surface area contributed by atoms with Crippen LogP contribution in [0.1, 0.15) is 5.56 Å².